The standard InChI is InChI=1S/C14H28N2O2S/c1-5-14(6-2,12(15)19)13(17)16-8-7-9-18-10-11(3)4/h11H,5-10H2,1-4H3,(H2,15,19)(H,16,17). The number of carbonyl (C=O) groups is 1. The second-order valence-electron chi connectivity index (χ2n) is 5.23. The summed E-state index contributed by atoms with van der Waals surface area (Å²) in [7, 11) is 0. The van der Waals surface area contributed by atoms with Gasteiger partial charge in [-0.15, -0.1) is 0 Å². The highest BCUT2D eigenvalue weighted by Gasteiger charge is 2.37. The van der Waals surface area contributed by atoms with Gasteiger partial charge in [0, 0.05) is 19.8 Å². The van der Waals surface area contributed by atoms with Crippen LogP contribution in [0.2, 0.25) is 0 Å². The van der Waals surface area contributed by atoms with Crippen molar-refractivity contribution in [2.45, 2.75) is 47.0 Å². The Kier molecular flexibility index (Phi) is 8.93. The van der Waals surface area contributed by atoms with Crippen LogP contribution in [-0.4, -0.2) is 30.7 Å². The molecule has 4 nitrogen and oxygen atoms in total. The fourth-order valence-electron chi connectivity index (χ4n) is 1.90. The molecule has 0 saturated heterocycles. The zero-order chi connectivity index (χ0) is 14.9. The molecule has 0 aromatic heterocycles. The van der Waals surface area contributed by atoms with Crippen molar-refractivity contribution in [3.63, 3.8) is 0 Å². The van der Waals surface area contributed by atoms with E-state index in [9.17, 15) is 4.79 Å². The van der Waals surface area contributed by atoms with E-state index in [1.165, 1.54) is 0 Å². The van der Waals surface area contributed by atoms with Crippen molar-refractivity contribution >= 4 is 23.1 Å². The molecule has 0 unspecified atom stereocenters. The van der Waals surface area contributed by atoms with E-state index in [4.69, 9.17) is 22.7 Å². The fourth-order valence-corrected chi connectivity index (χ4v) is 2.28. The molecule has 1 amide bonds. The highest BCUT2D eigenvalue weighted by Crippen LogP contribution is 2.27. The van der Waals surface area contributed by atoms with Crippen molar-refractivity contribution < 1.29 is 9.53 Å². The Morgan fingerprint density at radius 2 is 1.95 bits per heavy atom. The van der Waals surface area contributed by atoms with Crippen LogP contribution in [-0.2, 0) is 9.53 Å². The fraction of sp³-hybridized carbons (Fsp3) is 0.857. The van der Waals surface area contributed by atoms with Crippen molar-refractivity contribution in [3.8, 4) is 0 Å². The third-order valence-electron chi connectivity index (χ3n) is 3.32. The van der Waals surface area contributed by atoms with Gasteiger partial charge >= 0.3 is 0 Å². The van der Waals surface area contributed by atoms with Crippen LogP contribution in [0.3, 0.4) is 0 Å². The molecule has 0 spiro atoms. The van der Waals surface area contributed by atoms with Gasteiger partial charge in [-0.3, -0.25) is 4.79 Å². The molecule has 0 fully saturated rings. The lowest BCUT2D eigenvalue weighted by Gasteiger charge is -2.28. The number of ether oxygens (including phenoxy) is 1. The summed E-state index contributed by atoms with van der Waals surface area (Å²) in [6.45, 7) is 10.1. The first-order valence-corrected chi connectivity index (χ1v) is 7.47. The average Bonchev–Trinajstić information content (AvgIpc) is 2.35. The minimum absolute atomic E-state index is 0.0612. The lowest BCUT2D eigenvalue weighted by atomic mass is 9.81. The van der Waals surface area contributed by atoms with Crippen LogP contribution in [0, 0.1) is 11.3 Å². The van der Waals surface area contributed by atoms with E-state index in [0.29, 0.717) is 31.9 Å². The number of hydrogen-bond donors (Lipinski definition) is 2. The van der Waals surface area contributed by atoms with Gasteiger partial charge in [-0.25, -0.2) is 0 Å². The maximum atomic E-state index is 12.2. The van der Waals surface area contributed by atoms with E-state index in [2.05, 4.69) is 19.2 Å². The molecule has 0 atom stereocenters. The molecule has 0 saturated carbocycles. The van der Waals surface area contributed by atoms with Gasteiger partial charge in [0.15, 0.2) is 0 Å². The first kappa shape index (κ1) is 18.3. The quantitative estimate of drug-likeness (QED) is 0.478. The van der Waals surface area contributed by atoms with E-state index in [0.717, 1.165) is 13.0 Å². The molecule has 5 heteroatoms. The Hall–Kier alpha value is -0.680. The van der Waals surface area contributed by atoms with Crippen molar-refractivity contribution in [3.05, 3.63) is 0 Å². The molecule has 0 aliphatic carbocycles. The molecule has 19 heavy (non-hydrogen) atoms. The monoisotopic (exact) mass is 288 g/mol. The second kappa shape index (κ2) is 9.26. The van der Waals surface area contributed by atoms with Crippen molar-refractivity contribution in [2.75, 3.05) is 19.8 Å². The summed E-state index contributed by atoms with van der Waals surface area (Å²) in [6.07, 6.45) is 2.07. The summed E-state index contributed by atoms with van der Waals surface area (Å²) >= 11 is 5.05. The van der Waals surface area contributed by atoms with Crippen molar-refractivity contribution in [2.24, 2.45) is 17.1 Å². The number of thiocarbonyl (C=S) groups is 1. The summed E-state index contributed by atoms with van der Waals surface area (Å²) in [5, 5.41) is 2.91. The number of carbonyl (C=O) groups excluding carboxylic acids is 1. The van der Waals surface area contributed by atoms with Gasteiger partial charge in [0.2, 0.25) is 5.91 Å². The third kappa shape index (κ3) is 5.87. The summed E-state index contributed by atoms with van der Waals surface area (Å²) in [5.41, 5.74) is 5.02. The van der Waals surface area contributed by atoms with E-state index < -0.39 is 5.41 Å². The predicted octanol–water partition coefficient (Wildman–Crippen LogP) is 2.26. The SMILES string of the molecule is CCC(CC)(C(=O)NCCCOCC(C)C)C(N)=S. The van der Waals surface area contributed by atoms with Gasteiger partial charge < -0.3 is 15.8 Å². The summed E-state index contributed by atoms with van der Waals surface area (Å²) in [6, 6.07) is 0. The van der Waals surface area contributed by atoms with Crippen LogP contribution in [0.15, 0.2) is 0 Å². The van der Waals surface area contributed by atoms with Crippen LogP contribution < -0.4 is 11.1 Å². The van der Waals surface area contributed by atoms with E-state index in [-0.39, 0.29) is 10.9 Å². The molecule has 0 radical (unpaired) electrons. The Labute approximate surface area is 122 Å². The van der Waals surface area contributed by atoms with Crippen LogP contribution in [0.5, 0.6) is 0 Å². The third-order valence-corrected chi connectivity index (χ3v) is 3.71. The number of amides is 1. The first-order valence-electron chi connectivity index (χ1n) is 7.06. The minimum Gasteiger partial charge on any atom is -0.392 e. The molecule has 0 rings (SSSR count). The zero-order valence-corrected chi connectivity index (χ0v) is 13.4. The van der Waals surface area contributed by atoms with Gasteiger partial charge in [-0.2, -0.15) is 0 Å². The minimum atomic E-state index is -0.700. The predicted molar refractivity (Wildman–Crippen MR) is 83.1 cm³/mol. The normalized spacial score (nSPS) is 11.6. The Morgan fingerprint density at radius 1 is 1.37 bits per heavy atom. The molecular formula is C14H28N2O2S. The first-order chi connectivity index (χ1) is 8.90. The van der Waals surface area contributed by atoms with Gasteiger partial charge in [-0.1, -0.05) is 39.9 Å². The molecule has 0 aromatic carbocycles. The Balaban J connectivity index is 4.05. The van der Waals surface area contributed by atoms with Gasteiger partial charge in [-0.05, 0) is 25.2 Å². The number of hydrogen-bond acceptors (Lipinski definition) is 3. The van der Waals surface area contributed by atoms with E-state index in [1.807, 2.05) is 13.8 Å². The second-order valence-corrected chi connectivity index (χ2v) is 5.67. The maximum absolute atomic E-state index is 12.2. The van der Waals surface area contributed by atoms with Crippen molar-refractivity contribution in [1.29, 1.82) is 0 Å². The van der Waals surface area contributed by atoms with Crippen LogP contribution >= 0.6 is 12.2 Å². The zero-order valence-electron chi connectivity index (χ0n) is 12.6. The summed E-state index contributed by atoms with van der Waals surface area (Å²) < 4.78 is 5.46. The lowest BCUT2D eigenvalue weighted by molar-refractivity contribution is -0.127. The summed E-state index contributed by atoms with van der Waals surface area (Å²) in [4.78, 5) is 12.5. The average molecular weight is 288 g/mol. The molecule has 0 aliphatic heterocycles. The van der Waals surface area contributed by atoms with Gasteiger partial charge in [0.05, 0.1) is 10.4 Å². The van der Waals surface area contributed by atoms with E-state index in [1.54, 1.807) is 0 Å². The molecule has 0 aromatic rings. The van der Waals surface area contributed by atoms with Gasteiger partial charge in [0.25, 0.3) is 0 Å². The number of nitrogens with one attached hydrogen (secondary N) is 1. The van der Waals surface area contributed by atoms with Crippen molar-refractivity contribution in [1.82, 2.24) is 5.32 Å². The molecule has 112 valence electrons. The summed E-state index contributed by atoms with van der Waals surface area (Å²) in [5.74, 6) is 0.478. The molecule has 0 heterocycles. The largest absolute Gasteiger partial charge is 0.392 e. The highest BCUT2D eigenvalue weighted by molar-refractivity contribution is 7.80. The molecule has 3 N–H and O–H groups in total. The highest BCUT2D eigenvalue weighted by atomic mass is 32.1. The number of rotatable bonds is 10. The topological polar surface area (TPSA) is 64.3 Å². The van der Waals surface area contributed by atoms with Crippen LogP contribution in [0.4, 0.5) is 0 Å². The van der Waals surface area contributed by atoms with E-state index >= 15 is 0 Å². The number of nitrogens with two attached hydrogens (primary N) is 1. The van der Waals surface area contributed by atoms with Gasteiger partial charge in [0.1, 0.15) is 0 Å². The molecule has 0 bridgehead atoms. The maximum Gasteiger partial charge on any atom is 0.233 e. The Bertz CT molecular complexity index is 289. The molecule has 0 aliphatic rings. The molecular weight excluding hydrogens is 260 g/mol. The van der Waals surface area contributed by atoms with Crippen LogP contribution in [0.25, 0.3) is 0 Å². The smallest absolute Gasteiger partial charge is 0.233 e. The van der Waals surface area contributed by atoms with Crippen LogP contribution in [0.1, 0.15) is 47.0 Å². The lowest BCUT2D eigenvalue weighted by Crippen LogP contribution is -2.48. The Morgan fingerprint density at radius 3 is 2.37 bits per heavy atom.